The van der Waals surface area contributed by atoms with Crippen molar-refractivity contribution in [3.63, 3.8) is 0 Å². The number of carbonyl (C=O) groups is 2. The minimum absolute atomic E-state index is 0.0780. The summed E-state index contributed by atoms with van der Waals surface area (Å²) in [4.78, 5) is 24.2. The third-order valence-corrected chi connectivity index (χ3v) is 2.91. The molecule has 0 aliphatic carbocycles. The molecule has 0 bridgehead atoms. The molecule has 21 heavy (non-hydrogen) atoms. The number of ether oxygens (including phenoxy) is 2. The maximum absolute atomic E-state index is 12.1. The van der Waals surface area contributed by atoms with Crippen LogP contribution in [0.1, 0.15) is 20.3 Å². The smallest absolute Gasteiger partial charge is 0.305 e. The normalized spacial score (nSPS) is 10.3. The van der Waals surface area contributed by atoms with Crippen molar-refractivity contribution in [2.75, 3.05) is 20.3 Å². The van der Waals surface area contributed by atoms with Gasteiger partial charge in [0.25, 0.3) is 5.91 Å². The van der Waals surface area contributed by atoms with Crippen molar-refractivity contribution in [3.05, 3.63) is 24.3 Å². The fourth-order valence-corrected chi connectivity index (χ4v) is 1.81. The quantitative estimate of drug-likeness (QED) is 0.791. The number of benzene rings is 1. The molecule has 0 unspecified atom stereocenters. The molecule has 0 aliphatic heterocycles. The average Bonchev–Trinajstić information content (AvgIpc) is 2.44. The molecule has 0 aromatic heterocycles. The number of carboxylic acid groups (broad SMARTS) is 1. The first-order valence-corrected chi connectivity index (χ1v) is 6.72. The molecule has 6 nitrogen and oxygen atoms in total. The second kappa shape index (κ2) is 8.14. The average molecular weight is 295 g/mol. The molecule has 0 atom stereocenters. The Kier molecular flexibility index (Phi) is 6.52. The lowest BCUT2D eigenvalue weighted by molar-refractivity contribution is -0.139. The summed E-state index contributed by atoms with van der Waals surface area (Å²) < 4.78 is 10.5. The van der Waals surface area contributed by atoms with Crippen LogP contribution in [-0.2, 0) is 9.59 Å². The van der Waals surface area contributed by atoms with E-state index in [9.17, 15) is 9.59 Å². The van der Waals surface area contributed by atoms with Gasteiger partial charge in [-0.05, 0) is 26.0 Å². The first-order valence-electron chi connectivity index (χ1n) is 6.72. The molecule has 0 saturated heterocycles. The van der Waals surface area contributed by atoms with E-state index in [0.717, 1.165) is 0 Å². The predicted molar refractivity (Wildman–Crippen MR) is 77.6 cm³/mol. The molecule has 1 N–H and O–H groups in total. The summed E-state index contributed by atoms with van der Waals surface area (Å²) in [5, 5.41) is 8.71. The molecule has 0 saturated carbocycles. The summed E-state index contributed by atoms with van der Waals surface area (Å²) in [7, 11) is 1.55. The van der Waals surface area contributed by atoms with Gasteiger partial charge in [0, 0.05) is 18.7 Å². The van der Waals surface area contributed by atoms with Crippen molar-refractivity contribution in [3.8, 4) is 11.5 Å². The van der Waals surface area contributed by atoms with Gasteiger partial charge in [0.2, 0.25) is 0 Å². The predicted octanol–water partition coefficient (Wildman–Crippen LogP) is 1.79. The fourth-order valence-electron chi connectivity index (χ4n) is 1.81. The Labute approximate surface area is 124 Å². The lowest BCUT2D eigenvalue weighted by Gasteiger charge is -2.26. The van der Waals surface area contributed by atoms with Gasteiger partial charge >= 0.3 is 5.97 Å². The zero-order valence-corrected chi connectivity index (χ0v) is 12.5. The van der Waals surface area contributed by atoms with E-state index in [0.29, 0.717) is 11.5 Å². The number of methoxy groups -OCH3 is 1. The molecule has 0 heterocycles. The Hall–Kier alpha value is -2.24. The zero-order chi connectivity index (χ0) is 15.8. The van der Waals surface area contributed by atoms with E-state index < -0.39 is 5.97 Å². The number of rotatable bonds is 8. The monoisotopic (exact) mass is 295 g/mol. The van der Waals surface area contributed by atoms with Gasteiger partial charge in [0.05, 0.1) is 13.5 Å². The second-order valence-corrected chi connectivity index (χ2v) is 4.79. The lowest BCUT2D eigenvalue weighted by Crippen LogP contribution is -2.41. The lowest BCUT2D eigenvalue weighted by atomic mass is 10.2. The number of hydrogen-bond donors (Lipinski definition) is 1. The van der Waals surface area contributed by atoms with Gasteiger partial charge in [0.15, 0.2) is 6.61 Å². The van der Waals surface area contributed by atoms with Crippen LogP contribution in [0.15, 0.2) is 24.3 Å². The van der Waals surface area contributed by atoms with E-state index in [1.54, 1.807) is 31.4 Å². The van der Waals surface area contributed by atoms with Crippen LogP contribution in [0, 0.1) is 0 Å². The fraction of sp³-hybridized carbons (Fsp3) is 0.467. The molecule has 1 aromatic rings. The van der Waals surface area contributed by atoms with Crippen molar-refractivity contribution in [1.29, 1.82) is 0 Å². The number of carbonyl (C=O) groups excluding carboxylic acids is 1. The van der Waals surface area contributed by atoms with Crippen molar-refractivity contribution in [2.24, 2.45) is 0 Å². The van der Waals surface area contributed by atoms with E-state index in [-0.39, 0.29) is 31.5 Å². The maximum Gasteiger partial charge on any atom is 0.305 e. The molecular weight excluding hydrogens is 274 g/mol. The maximum atomic E-state index is 12.1. The number of carboxylic acids is 1. The van der Waals surface area contributed by atoms with Crippen LogP contribution in [0.4, 0.5) is 0 Å². The molecule has 6 heteroatoms. The highest BCUT2D eigenvalue weighted by Gasteiger charge is 2.18. The van der Waals surface area contributed by atoms with Crippen LogP contribution in [0.3, 0.4) is 0 Å². The van der Waals surface area contributed by atoms with Gasteiger partial charge in [-0.25, -0.2) is 0 Å². The summed E-state index contributed by atoms with van der Waals surface area (Å²) in [6.45, 7) is 3.72. The van der Waals surface area contributed by atoms with Crippen molar-refractivity contribution >= 4 is 11.9 Å². The Bertz CT molecular complexity index is 487. The summed E-state index contributed by atoms with van der Waals surface area (Å²) in [6.07, 6.45) is -0.0803. The summed E-state index contributed by atoms with van der Waals surface area (Å²) in [6, 6.07) is 6.88. The summed E-state index contributed by atoms with van der Waals surface area (Å²) >= 11 is 0. The Morgan fingerprint density at radius 1 is 1.29 bits per heavy atom. The molecule has 1 amide bonds. The van der Waals surface area contributed by atoms with Gasteiger partial charge < -0.3 is 19.5 Å². The first kappa shape index (κ1) is 16.8. The minimum atomic E-state index is -0.929. The van der Waals surface area contributed by atoms with Gasteiger partial charge in [0.1, 0.15) is 11.5 Å². The van der Waals surface area contributed by atoms with Gasteiger partial charge in [-0.1, -0.05) is 6.07 Å². The molecule has 0 radical (unpaired) electrons. The largest absolute Gasteiger partial charge is 0.497 e. The standard InChI is InChI=1S/C15H21NO5/c1-11(2)16(8-7-15(18)19)14(17)10-21-13-6-4-5-12(9-13)20-3/h4-6,9,11H,7-8,10H2,1-3H3,(H,18,19). The van der Waals surface area contributed by atoms with Crippen molar-refractivity contribution < 1.29 is 24.2 Å². The van der Waals surface area contributed by atoms with Crippen molar-refractivity contribution in [1.82, 2.24) is 4.90 Å². The van der Waals surface area contributed by atoms with E-state index >= 15 is 0 Å². The van der Waals surface area contributed by atoms with E-state index in [1.165, 1.54) is 4.90 Å². The SMILES string of the molecule is COc1cccc(OCC(=O)N(CCC(=O)O)C(C)C)c1. The van der Waals surface area contributed by atoms with Crippen LogP contribution in [0.5, 0.6) is 11.5 Å². The number of nitrogens with zero attached hydrogens (tertiary/aromatic N) is 1. The Morgan fingerprint density at radius 2 is 1.95 bits per heavy atom. The highest BCUT2D eigenvalue weighted by molar-refractivity contribution is 5.78. The third-order valence-electron chi connectivity index (χ3n) is 2.91. The molecule has 0 spiro atoms. The number of hydrogen-bond acceptors (Lipinski definition) is 4. The second-order valence-electron chi connectivity index (χ2n) is 4.79. The van der Waals surface area contributed by atoms with Crippen LogP contribution >= 0.6 is 0 Å². The highest BCUT2D eigenvalue weighted by Crippen LogP contribution is 2.18. The van der Waals surface area contributed by atoms with Gasteiger partial charge in [-0.2, -0.15) is 0 Å². The molecule has 0 fully saturated rings. The highest BCUT2D eigenvalue weighted by atomic mass is 16.5. The molecule has 0 aliphatic rings. The molecule has 116 valence electrons. The third kappa shape index (κ3) is 5.72. The van der Waals surface area contributed by atoms with Crippen molar-refractivity contribution in [2.45, 2.75) is 26.3 Å². The van der Waals surface area contributed by atoms with Crippen LogP contribution in [0.25, 0.3) is 0 Å². The molecular formula is C15H21NO5. The van der Waals surface area contributed by atoms with E-state index in [4.69, 9.17) is 14.6 Å². The number of aliphatic carboxylic acids is 1. The number of amides is 1. The van der Waals surface area contributed by atoms with Gasteiger partial charge in [-0.15, -0.1) is 0 Å². The van der Waals surface area contributed by atoms with E-state index in [2.05, 4.69) is 0 Å². The van der Waals surface area contributed by atoms with Crippen LogP contribution in [0.2, 0.25) is 0 Å². The molecule has 1 rings (SSSR count). The Morgan fingerprint density at radius 3 is 2.52 bits per heavy atom. The topological polar surface area (TPSA) is 76.1 Å². The molecule has 1 aromatic carbocycles. The minimum Gasteiger partial charge on any atom is -0.497 e. The first-order chi connectivity index (χ1) is 9.93. The van der Waals surface area contributed by atoms with Gasteiger partial charge in [-0.3, -0.25) is 9.59 Å². The van der Waals surface area contributed by atoms with Crippen LogP contribution in [-0.4, -0.2) is 48.2 Å². The Balaban J connectivity index is 2.58. The van der Waals surface area contributed by atoms with E-state index in [1.807, 2.05) is 13.8 Å². The summed E-state index contributed by atoms with van der Waals surface area (Å²) in [5.41, 5.74) is 0. The zero-order valence-electron chi connectivity index (χ0n) is 12.5. The van der Waals surface area contributed by atoms with Crippen LogP contribution < -0.4 is 9.47 Å². The summed E-state index contributed by atoms with van der Waals surface area (Å²) in [5.74, 6) is 0.00687.